The highest BCUT2D eigenvalue weighted by molar-refractivity contribution is 6.30. The number of nitrogens with zero attached hydrogens (tertiary/aromatic N) is 1. The first-order valence-corrected chi connectivity index (χ1v) is 8.29. The van der Waals surface area contributed by atoms with Crippen molar-refractivity contribution in [3.63, 3.8) is 0 Å². The van der Waals surface area contributed by atoms with Crippen LogP contribution in [0.15, 0.2) is 30.3 Å². The largest absolute Gasteiger partial charge is 0.492 e. The van der Waals surface area contributed by atoms with Gasteiger partial charge in [0.2, 0.25) is 0 Å². The molecule has 1 aromatic heterocycles. The van der Waals surface area contributed by atoms with Gasteiger partial charge in [-0.2, -0.15) is 0 Å². The normalized spacial score (nSPS) is 13.9. The van der Waals surface area contributed by atoms with Gasteiger partial charge in [0.25, 0.3) is 5.91 Å². The Morgan fingerprint density at radius 1 is 1.30 bits per heavy atom. The second-order valence-corrected chi connectivity index (χ2v) is 6.38. The summed E-state index contributed by atoms with van der Waals surface area (Å²) in [7, 11) is 0. The third-order valence-electron chi connectivity index (χ3n) is 4.11. The van der Waals surface area contributed by atoms with Gasteiger partial charge in [0.05, 0.1) is 12.1 Å². The van der Waals surface area contributed by atoms with Crippen LogP contribution in [-0.4, -0.2) is 23.6 Å². The number of carbonyl (C=O) groups is 1. The number of amides is 1. The number of hydrogen-bond acceptors (Lipinski definition) is 2. The van der Waals surface area contributed by atoms with Gasteiger partial charge in [-0.25, -0.2) is 0 Å². The summed E-state index contributed by atoms with van der Waals surface area (Å²) in [5.74, 6) is 0.709. The Labute approximate surface area is 141 Å². The molecule has 1 heterocycles. The number of aromatic nitrogens is 1. The molecule has 0 aliphatic heterocycles. The lowest BCUT2D eigenvalue weighted by molar-refractivity contribution is 0.0946. The average Bonchev–Trinajstić information content (AvgIpc) is 3.31. The van der Waals surface area contributed by atoms with Crippen molar-refractivity contribution in [3.05, 3.63) is 52.3 Å². The molecule has 1 aromatic carbocycles. The lowest BCUT2D eigenvalue weighted by Crippen LogP contribution is -2.28. The van der Waals surface area contributed by atoms with Gasteiger partial charge < -0.3 is 14.6 Å². The molecule has 1 aliphatic carbocycles. The molecule has 0 atom stereocenters. The van der Waals surface area contributed by atoms with E-state index in [4.69, 9.17) is 16.3 Å². The van der Waals surface area contributed by atoms with E-state index >= 15 is 0 Å². The van der Waals surface area contributed by atoms with E-state index in [9.17, 15) is 4.79 Å². The Balaban J connectivity index is 1.51. The van der Waals surface area contributed by atoms with E-state index < -0.39 is 0 Å². The Morgan fingerprint density at radius 2 is 2.00 bits per heavy atom. The minimum Gasteiger partial charge on any atom is -0.492 e. The molecule has 4 nitrogen and oxygen atoms in total. The highest BCUT2D eigenvalue weighted by Crippen LogP contribution is 2.38. The van der Waals surface area contributed by atoms with Gasteiger partial charge in [-0.05, 0) is 57.0 Å². The Morgan fingerprint density at radius 3 is 2.65 bits per heavy atom. The van der Waals surface area contributed by atoms with Crippen LogP contribution in [-0.2, 0) is 0 Å². The minimum atomic E-state index is -0.0373. The van der Waals surface area contributed by atoms with E-state index in [1.807, 2.05) is 25.1 Å². The SMILES string of the molecule is Cc1cc(C(=O)NCCOc2ccc(Cl)cc2)c(C)n1C1CC1. The summed E-state index contributed by atoms with van der Waals surface area (Å²) in [4.78, 5) is 12.3. The van der Waals surface area contributed by atoms with E-state index in [0.29, 0.717) is 24.2 Å². The van der Waals surface area contributed by atoms with E-state index in [2.05, 4.69) is 16.8 Å². The molecule has 1 N–H and O–H groups in total. The highest BCUT2D eigenvalue weighted by atomic mass is 35.5. The summed E-state index contributed by atoms with van der Waals surface area (Å²) in [6, 6.07) is 9.75. The van der Waals surface area contributed by atoms with Crippen molar-refractivity contribution < 1.29 is 9.53 Å². The van der Waals surface area contributed by atoms with Crippen molar-refractivity contribution in [2.45, 2.75) is 32.7 Å². The zero-order chi connectivity index (χ0) is 16.4. The van der Waals surface area contributed by atoms with Crippen molar-refractivity contribution in [3.8, 4) is 5.75 Å². The van der Waals surface area contributed by atoms with Gasteiger partial charge in [0, 0.05) is 22.5 Å². The van der Waals surface area contributed by atoms with Gasteiger partial charge >= 0.3 is 0 Å². The predicted octanol–water partition coefficient (Wildman–Crippen LogP) is 3.90. The molecule has 122 valence electrons. The van der Waals surface area contributed by atoms with Crippen LogP contribution in [0, 0.1) is 13.8 Å². The number of benzene rings is 1. The maximum Gasteiger partial charge on any atom is 0.253 e. The zero-order valence-electron chi connectivity index (χ0n) is 13.4. The molecular formula is C18H21ClN2O2. The van der Waals surface area contributed by atoms with E-state index in [1.54, 1.807) is 12.1 Å². The van der Waals surface area contributed by atoms with Crippen molar-refractivity contribution in [2.75, 3.05) is 13.2 Å². The quantitative estimate of drug-likeness (QED) is 0.815. The highest BCUT2D eigenvalue weighted by Gasteiger charge is 2.28. The second kappa shape index (κ2) is 6.67. The Bertz CT molecular complexity index is 703. The molecular weight excluding hydrogens is 312 g/mol. The van der Waals surface area contributed by atoms with Crippen LogP contribution in [0.4, 0.5) is 0 Å². The third kappa shape index (κ3) is 3.70. The molecule has 2 aromatic rings. The average molecular weight is 333 g/mol. The molecule has 1 saturated carbocycles. The summed E-state index contributed by atoms with van der Waals surface area (Å²) in [5.41, 5.74) is 2.98. The Hall–Kier alpha value is -1.94. The van der Waals surface area contributed by atoms with Crippen molar-refractivity contribution >= 4 is 17.5 Å². The fourth-order valence-corrected chi connectivity index (χ4v) is 2.99. The molecule has 3 rings (SSSR count). The van der Waals surface area contributed by atoms with Crippen molar-refractivity contribution in [1.82, 2.24) is 9.88 Å². The monoisotopic (exact) mass is 332 g/mol. The van der Waals surface area contributed by atoms with Gasteiger partial charge in [-0.3, -0.25) is 4.79 Å². The summed E-state index contributed by atoms with van der Waals surface area (Å²) < 4.78 is 7.85. The van der Waals surface area contributed by atoms with Crippen molar-refractivity contribution in [1.29, 1.82) is 0 Å². The number of ether oxygens (including phenoxy) is 1. The summed E-state index contributed by atoms with van der Waals surface area (Å²) in [6.45, 7) is 4.97. The molecule has 1 fully saturated rings. The van der Waals surface area contributed by atoms with Crippen molar-refractivity contribution in [2.24, 2.45) is 0 Å². The first kappa shape index (κ1) is 15.9. The van der Waals surface area contributed by atoms with Gasteiger partial charge in [-0.15, -0.1) is 0 Å². The maximum atomic E-state index is 12.3. The molecule has 1 aliphatic rings. The number of aryl methyl sites for hydroxylation is 1. The maximum absolute atomic E-state index is 12.3. The fourth-order valence-electron chi connectivity index (χ4n) is 2.86. The number of halogens is 1. The first-order chi connectivity index (χ1) is 11.1. The minimum absolute atomic E-state index is 0.0373. The number of rotatable bonds is 6. The summed E-state index contributed by atoms with van der Waals surface area (Å²) in [6.07, 6.45) is 2.43. The van der Waals surface area contributed by atoms with E-state index in [1.165, 1.54) is 12.8 Å². The third-order valence-corrected chi connectivity index (χ3v) is 4.36. The van der Waals surface area contributed by atoms with Gasteiger partial charge in [0.1, 0.15) is 12.4 Å². The fraction of sp³-hybridized carbons (Fsp3) is 0.389. The number of nitrogens with one attached hydrogen (secondary N) is 1. The van der Waals surface area contributed by atoms with Crippen LogP contribution < -0.4 is 10.1 Å². The van der Waals surface area contributed by atoms with Crippen LogP contribution in [0.1, 0.15) is 40.6 Å². The van der Waals surface area contributed by atoms with Crippen LogP contribution in [0.3, 0.4) is 0 Å². The number of carbonyl (C=O) groups excluding carboxylic acids is 1. The van der Waals surface area contributed by atoms with Crippen LogP contribution in [0.5, 0.6) is 5.75 Å². The standard InChI is InChI=1S/C18H21ClN2O2/c1-12-11-17(13(2)21(12)15-5-6-15)18(22)20-9-10-23-16-7-3-14(19)4-8-16/h3-4,7-8,11,15H,5-6,9-10H2,1-2H3,(H,20,22). The summed E-state index contributed by atoms with van der Waals surface area (Å²) >= 11 is 5.82. The molecule has 0 radical (unpaired) electrons. The molecule has 0 saturated heterocycles. The molecule has 5 heteroatoms. The predicted molar refractivity (Wildman–Crippen MR) is 91.5 cm³/mol. The smallest absolute Gasteiger partial charge is 0.253 e. The second-order valence-electron chi connectivity index (χ2n) is 5.94. The van der Waals surface area contributed by atoms with Crippen LogP contribution in [0.25, 0.3) is 0 Å². The van der Waals surface area contributed by atoms with Gasteiger partial charge in [0.15, 0.2) is 0 Å². The lowest BCUT2D eigenvalue weighted by atomic mass is 10.2. The topological polar surface area (TPSA) is 43.3 Å². The first-order valence-electron chi connectivity index (χ1n) is 7.91. The van der Waals surface area contributed by atoms with Crippen LogP contribution >= 0.6 is 11.6 Å². The molecule has 0 bridgehead atoms. The molecule has 0 spiro atoms. The molecule has 0 unspecified atom stereocenters. The Kier molecular flexibility index (Phi) is 4.62. The lowest BCUT2D eigenvalue weighted by Gasteiger charge is -2.09. The van der Waals surface area contributed by atoms with Crippen LogP contribution in [0.2, 0.25) is 5.02 Å². The molecule has 23 heavy (non-hydrogen) atoms. The number of hydrogen-bond donors (Lipinski definition) is 1. The summed E-state index contributed by atoms with van der Waals surface area (Å²) in [5, 5.41) is 3.60. The van der Waals surface area contributed by atoms with Gasteiger partial charge in [-0.1, -0.05) is 11.6 Å². The van der Waals surface area contributed by atoms with E-state index in [0.717, 1.165) is 22.7 Å². The zero-order valence-corrected chi connectivity index (χ0v) is 14.2. The van der Waals surface area contributed by atoms with E-state index in [-0.39, 0.29) is 5.91 Å². The molecule has 1 amide bonds.